The van der Waals surface area contributed by atoms with E-state index in [2.05, 4.69) is 5.32 Å². The van der Waals surface area contributed by atoms with Crippen LogP contribution in [0.25, 0.3) is 0 Å². The van der Waals surface area contributed by atoms with E-state index in [0.29, 0.717) is 19.7 Å². The molecule has 2 amide bonds. The summed E-state index contributed by atoms with van der Waals surface area (Å²) in [7, 11) is 1.62. The van der Waals surface area contributed by atoms with Crippen LogP contribution >= 0.6 is 0 Å². The number of carbonyl (C=O) groups excluding carboxylic acids is 1. The Morgan fingerprint density at radius 2 is 2.21 bits per heavy atom. The number of nitrogens with zero attached hydrogens (tertiary/aromatic N) is 1. The maximum atomic E-state index is 12.1. The number of hydrogen-bond acceptors (Lipinski definition) is 3. The van der Waals surface area contributed by atoms with Gasteiger partial charge in [0, 0.05) is 20.2 Å². The highest BCUT2D eigenvalue weighted by atomic mass is 16.5. The van der Waals surface area contributed by atoms with Crippen molar-refractivity contribution in [1.29, 1.82) is 0 Å². The lowest BCUT2D eigenvalue weighted by Crippen LogP contribution is -2.55. The Morgan fingerprint density at radius 1 is 1.53 bits per heavy atom. The Hall–Kier alpha value is -1.30. The number of urea groups is 1. The lowest BCUT2D eigenvalue weighted by atomic mass is 9.91. The van der Waals surface area contributed by atoms with Gasteiger partial charge in [-0.25, -0.2) is 9.59 Å². The molecule has 2 N–H and O–H groups in total. The zero-order valence-electron chi connectivity index (χ0n) is 11.9. The zero-order valence-corrected chi connectivity index (χ0v) is 11.9. The topological polar surface area (TPSA) is 78.9 Å². The molecule has 0 aromatic rings. The van der Waals surface area contributed by atoms with E-state index in [0.717, 1.165) is 12.8 Å². The molecule has 1 fully saturated rings. The summed E-state index contributed by atoms with van der Waals surface area (Å²) in [5, 5.41) is 12.0. The monoisotopic (exact) mass is 272 g/mol. The molecule has 0 spiro atoms. The minimum Gasteiger partial charge on any atom is -0.480 e. The molecule has 0 saturated carbocycles. The molecule has 19 heavy (non-hydrogen) atoms. The highest BCUT2D eigenvalue weighted by Crippen LogP contribution is 2.23. The predicted molar refractivity (Wildman–Crippen MR) is 71.0 cm³/mol. The Balaban J connectivity index is 2.55. The number of nitrogens with one attached hydrogen (secondary N) is 1. The maximum Gasteiger partial charge on any atom is 0.326 e. The highest BCUT2D eigenvalue weighted by molar-refractivity contribution is 5.83. The van der Waals surface area contributed by atoms with E-state index in [9.17, 15) is 14.7 Å². The molecule has 0 radical (unpaired) electrons. The first-order valence-corrected chi connectivity index (χ1v) is 6.73. The van der Waals surface area contributed by atoms with Crippen LogP contribution in [0.5, 0.6) is 0 Å². The summed E-state index contributed by atoms with van der Waals surface area (Å²) in [4.78, 5) is 24.8. The number of piperidine rings is 1. The summed E-state index contributed by atoms with van der Waals surface area (Å²) in [5.41, 5.74) is 0. The van der Waals surface area contributed by atoms with Crippen molar-refractivity contribution in [2.45, 2.75) is 32.7 Å². The van der Waals surface area contributed by atoms with E-state index in [1.54, 1.807) is 7.11 Å². The van der Waals surface area contributed by atoms with Gasteiger partial charge in [0.2, 0.25) is 0 Å². The van der Waals surface area contributed by atoms with Gasteiger partial charge >= 0.3 is 12.0 Å². The molecule has 1 aliphatic heterocycles. The molecule has 1 aliphatic rings. The van der Waals surface area contributed by atoms with Crippen LogP contribution in [0, 0.1) is 11.8 Å². The molecule has 0 aromatic carbocycles. The average molecular weight is 272 g/mol. The second-order valence-electron chi connectivity index (χ2n) is 5.34. The summed E-state index contributed by atoms with van der Waals surface area (Å²) >= 11 is 0. The van der Waals surface area contributed by atoms with Gasteiger partial charge in [-0.05, 0) is 24.7 Å². The number of rotatable bonds is 5. The first kappa shape index (κ1) is 15.8. The van der Waals surface area contributed by atoms with Crippen molar-refractivity contribution in [3.63, 3.8) is 0 Å². The van der Waals surface area contributed by atoms with Crippen molar-refractivity contribution >= 4 is 12.0 Å². The average Bonchev–Trinajstić information content (AvgIpc) is 2.35. The van der Waals surface area contributed by atoms with E-state index in [1.807, 2.05) is 13.8 Å². The van der Waals surface area contributed by atoms with Gasteiger partial charge in [-0.1, -0.05) is 13.8 Å². The normalized spacial score (nSPS) is 24.9. The standard InChI is InChI=1S/C13H24N2O4/c1-9(8-19-3)7-14-13(18)15-6-4-5-10(2)11(15)12(16)17/h9-11H,4-8H2,1-3H3,(H,14,18)(H,16,17). The zero-order chi connectivity index (χ0) is 14.4. The smallest absolute Gasteiger partial charge is 0.326 e. The van der Waals surface area contributed by atoms with Gasteiger partial charge in [0.05, 0.1) is 6.61 Å². The van der Waals surface area contributed by atoms with Crippen LogP contribution in [0.1, 0.15) is 26.7 Å². The van der Waals surface area contributed by atoms with Gasteiger partial charge in [0.15, 0.2) is 0 Å². The molecule has 3 atom stereocenters. The van der Waals surface area contributed by atoms with E-state index in [1.165, 1.54) is 4.90 Å². The van der Waals surface area contributed by atoms with Gasteiger partial charge in [0.1, 0.15) is 6.04 Å². The summed E-state index contributed by atoms with van der Waals surface area (Å²) in [6, 6.07) is -1.01. The van der Waals surface area contributed by atoms with Crippen molar-refractivity contribution in [3.8, 4) is 0 Å². The largest absolute Gasteiger partial charge is 0.480 e. The molecular weight excluding hydrogens is 248 g/mol. The molecule has 110 valence electrons. The Morgan fingerprint density at radius 3 is 2.79 bits per heavy atom. The van der Waals surface area contributed by atoms with Gasteiger partial charge in [-0.2, -0.15) is 0 Å². The molecule has 6 heteroatoms. The van der Waals surface area contributed by atoms with Crippen molar-refractivity contribution in [3.05, 3.63) is 0 Å². The lowest BCUT2D eigenvalue weighted by Gasteiger charge is -2.37. The van der Waals surface area contributed by atoms with Crippen LogP contribution in [0.2, 0.25) is 0 Å². The third-order valence-electron chi connectivity index (χ3n) is 3.50. The highest BCUT2D eigenvalue weighted by Gasteiger charge is 2.36. The van der Waals surface area contributed by atoms with Crippen molar-refractivity contribution in [1.82, 2.24) is 10.2 Å². The number of carboxylic acid groups (broad SMARTS) is 1. The first-order chi connectivity index (χ1) is 8.97. The van der Waals surface area contributed by atoms with E-state index >= 15 is 0 Å². The molecule has 1 heterocycles. The number of hydrogen-bond donors (Lipinski definition) is 2. The van der Waals surface area contributed by atoms with Crippen LogP contribution in [0.3, 0.4) is 0 Å². The molecule has 1 saturated heterocycles. The quantitative estimate of drug-likeness (QED) is 0.787. The number of amides is 2. The summed E-state index contributed by atoms with van der Waals surface area (Å²) in [6.07, 6.45) is 1.70. The fourth-order valence-corrected chi connectivity index (χ4v) is 2.50. The van der Waals surface area contributed by atoms with Crippen LogP contribution < -0.4 is 5.32 Å². The van der Waals surface area contributed by atoms with Gasteiger partial charge in [-0.3, -0.25) is 0 Å². The van der Waals surface area contributed by atoms with Crippen LogP contribution in [-0.4, -0.2) is 54.9 Å². The van der Waals surface area contributed by atoms with Gasteiger partial charge in [-0.15, -0.1) is 0 Å². The molecule has 1 rings (SSSR count). The summed E-state index contributed by atoms with van der Waals surface area (Å²) < 4.78 is 5.00. The third-order valence-corrected chi connectivity index (χ3v) is 3.50. The minimum absolute atomic E-state index is 0.00611. The molecule has 6 nitrogen and oxygen atoms in total. The number of carboxylic acids is 1. The Labute approximate surface area is 114 Å². The summed E-state index contributed by atoms with van der Waals surface area (Å²) in [6.45, 7) is 5.41. The number of likely N-dealkylation sites (tertiary alicyclic amines) is 1. The van der Waals surface area contributed by atoms with E-state index in [4.69, 9.17) is 4.74 Å². The van der Waals surface area contributed by atoms with Gasteiger partial charge in [0.25, 0.3) is 0 Å². The molecule has 0 bridgehead atoms. The molecular formula is C13H24N2O4. The number of aliphatic carboxylic acids is 1. The lowest BCUT2D eigenvalue weighted by molar-refractivity contribution is -0.145. The maximum absolute atomic E-state index is 12.1. The fraction of sp³-hybridized carbons (Fsp3) is 0.846. The Kier molecular flexibility index (Phi) is 6.08. The number of methoxy groups -OCH3 is 1. The van der Waals surface area contributed by atoms with E-state index in [-0.39, 0.29) is 17.9 Å². The third kappa shape index (κ3) is 4.38. The van der Waals surface area contributed by atoms with Crippen LogP contribution in [-0.2, 0) is 9.53 Å². The van der Waals surface area contributed by atoms with Crippen LogP contribution in [0.4, 0.5) is 4.79 Å². The van der Waals surface area contributed by atoms with Crippen molar-refractivity contribution in [2.75, 3.05) is 26.8 Å². The Bertz CT molecular complexity index is 322. The fourth-order valence-electron chi connectivity index (χ4n) is 2.50. The SMILES string of the molecule is COCC(C)CNC(=O)N1CCCC(C)C1C(=O)O. The van der Waals surface area contributed by atoms with Gasteiger partial charge < -0.3 is 20.1 Å². The second kappa shape index (κ2) is 7.33. The van der Waals surface area contributed by atoms with Crippen LogP contribution in [0.15, 0.2) is 0 Å². The second-order valence-corrected chi connectivity index (χ2v) is 5.34. The molecule has 0 aliphatic carbocycles. The molecule has 3 unspecified atom stereocenters. The number of ether oxygens (including phenoxy) is 1. The summed E-state index contributed by atoms with van der Waals surface area (Å²) in [5.74, 6) is -0.722. The van der Waals surface area contributed by atoms with Crippen molar-refractivity contribution in [2.24, 2.45) is 11.8 Å². The molecule has 0 aromatic heterocycles. The predicted octanol–water partition coefficient (Wildman–Crippen LogP) is 1.16. The first-order valence-electron chi connectivity index (χ1n) is 6.73. The van der Waals surface area contributed by atoms with Crippen molar-refractivity contribution < 1.29 is 19.4 Å². The number of carbonyl (C=O) groups is 2. The minimum atomic E-state index is -0.924. The van der Waals surface area contributed by atoms with E-state index < -0.39 is 12.0 Å².